The quantitative estimate of drug-likeness (QED) is 0.487. The minimum Gasteiger partial charge on any atom is -0.457 e. The summed E-state index contributed by atoms with van der Waals surface area (Å²) in [4.78, 5) is 17.2. The van der Waals surface area contributed by atoms with Crippen LogP contribution in [0.15, 0.2) is 54.7 Å². The smallest absolute Gasteiger partial charge is 0.252 e. The van der Waals surface area contributed by atoms with Gasteiger partial charge in [-0.2, -0.15) is 5.10 Å². The van der Waals surface area contributed by atoms with E-state index in [0.717, 1.165) is 52.3 Å². The molecule has 1 saturated heterocycles. The monoisotopic (exact) mass is 441 g/mol. The first kappa shape index (κ1) is 21.2. The largest absolute Gasteiger partial charge is 0.457 e. The summed E-state index contributed by atoms with van der Waals surface area (Å²) in [6, 6.07) is 15.5. The van der Waals surface area contributed by atoms with Crippen LogP contribution in [0.2, 0.25) is 0 Å². The molecule has 1 aliphatic heterocycles. The second kappa shape index (κ2) is 8.01. The number of carbonyl (C=O) groups is 1. The predicted molar refractivity (Wildman–Crippen MR) is 129 cm³/mol. The van der Waals surface area contributed by atoms with Crippen molar-refractivity contribution in [3.8, 4) is 22.8 Å². The molecule has 2 aromatic heterocycles. The van der Waals surface area contributed by atoms with E-state index in [0.29, 0.717) is 11.3 Å². The van der Waals surface area contributed by atoms with Gasteiger partial charge in [0, 0.05) is 55.0 Å². The number of nitrogens with zero attached hydrogens (tertiary/aromatic N) is 3. The molecule has 0 saturated carbocycles. The first-order valence-corrected chi connectivity index (χ1v) is 11.0. The number of pyridine rings is 1. The number of aryl methyl sites for hydroxylation is 3. The highest BCUT2D eigenvalue weighted by molar-refractivity contribution is 5.96. The Kier molecular flexibility index (Phi) is 5.13. The average molecular weight is 442 g/mol. The average Bonchev–Trinajstić information content (AvgIpc) is 3.05. The molecule has 4 aromatic rings. The third kappa shape index (κ3) is 4.07. The molecule has 1 aliphatic rings. The number of amides is 1. The molecule has 7 nitrogen and oxygen atoms in total. The number of ether oxygens (including phenoxy) is 1. The maximum Gasteiger partial charge on any atom is 0.252 e. The maximum absolute atomic E-state index is 12.7. The van der Waals surface area contributed by atoms with E-state index in [1.54, 1.807) is 6.20 Å². The van der Waals surface area contributed by atoms with Crippen molar-refractivity contribution in [3.63, 3.8) is 0 Å². The Balaban J connectivity index is 1.37. The van der Waals surface area contributed by atoms with E-state index in [1.807, 2.05) is 81.0 Å². The molecule has 2 N–H and O–H groups in total. The first-order valence-electron chi connectivity index (χ1n) is 11.0. The van der Waals surface area contributed by atoms with Gasteiger partial charge in [-0.15, -0.1) is 0 Å². The summed E-state index contributed by atoms with van der Waals surface area (Å²) < 4.78 is 7.99. The van der Waals surface area contributed by atoms with Gasteiger partial charge in [-0.1, -0.05) is 6.07 Å². The van der Waals surface area contributed by atoms with Crippen LogP contribution < -0.4 is 15.4 Å². The minimum absolute atomic E-state index is 0.0473. The lowest BCUT2D eigenvalue weighted by Gasteiger charge is -2.40. The number of nitrogens with one attached hydrogen (secondary N) is 2. The number of carbonyl (C=O) groups excluding carboxylic acids is 1. The normalized spacial score (nSPS) is 14.7. The van der Waals surface area contributed by atoms with Gasteiger partial charge in [0.15, 0.2) is 0 Å². The van der Waals surface area contributed by atoms with Crippen LogP contribution in [-0.4, -0.2) is 39.3 Å². The summed E-state index contributed by atoms with van der Waals surface area (Å²) >= 11 is 0. The number of fused-ring (bicyclic) bond motifs is 1. The molecule has 1 amide bonds. The molecule has 0 spiro atoms. The van der Waals surface area contributed by atoms with Crippen molar-refractivity contribution in [2.45, 2.75) is 26.3 Å². The Hall–Kier alpha value is -3.71. The van der Waals surface area contributed by atoms with Gasteiger partial charge in [0.25, 0.3) is 5.91 Å². The standard InChI is InChI=1S/C26H27N5O2/c1-16-11-18(5-7-21(16)25(32)29-26(3)14-27-15-26)23-12-20(9-10-28-23)33-19-6-8-22-17(2)30-31(4)24(22)13-19/h5-13,27H,14-15H2,1-4H3,(H,29,32). The fraction of sp³-hybridized carbons (Fsp3) is 0.269. The summed E-state index contributed by atoms with van der Waals surface area (Å²) in [5.74, 6) is 1.39. The first-order chi connectivity index (χ1) is 15.8. The summed E-state index contributed by atoms with van der Waals surface area (Å²) in [7, 11) is 1.93. The summed E-state index contributed by atoms with van der Waals surface area (Å²) in [5.41, 5.74) is 5.16. The molecular weight excluding hydrogens is 414 g/mol. The van der Waals surface area contributed by atoms with Gasteiger partial charge in [-0.3, -0.25) is 14.5 Å². The van der Waals surface area contributed by atoms with Crippen molar-refractivity contribution in [1.82, 2.24) is 25.4 Å². The van der Waals surface area contributed by atoms with Gasteiger partial charge in [-0.05, 0) is 56.7 Å². The Morgan fingerprint density at radius 2 is 1.88 bits per heavy atom. The lowest BCUT2D eigenvalue weighted by Crippen LogP contribution is -2.67. The SMILES string of the molecule is Cc1cc(-c2cc(Oc3ccc4c(C)nn(C)c4c3)ccn2)ccc1C(=O)NC1(C)CNC1. The molecule has 0 unspecified atom stereocenters. The van der Waals surface area contributed by atoms with Crippen LogP contribution >= 0.6 is 0 Å². The van der Waals surface area contributed by atoms with Crippen LogP contribution in [-0.2, 0) is 7.05 Å². The number of benzene rings is 2. The summed E-state index contributed by atoms with van der Waals surface area (Å²) in [6.45, 7) is 7.58. The van der Waals surface area contributed by atoms with Crippen molar-refractivity contribution in [2.24, 2.45) is 7.05 Å². The zero-order valence-corrected chi connectivity index (χ0v) is 19.3. The zero-order valence-electron chi connectivity index (χ0n) is 19.3. The van der Waals surface area contributed by atoms with Gasteiger partial charge in [0.05, 0.1) is 22.4 Å². The fourth-order valence-corrected chi connectivity index (χ4v) is 4.26. The highest BCUT2D eigenvalue weighted by Crippen LogP contribution is 2.29. The van der Waals surface area contributed by atoms with Crippen molar-refractivity contribution in [2.75, 3.05) is 13.1 Å². The van der Waals surface area contributed by atoms with Gasteiger partial charge in [-0.25, -0.2) is 0 Å². The van der Waals surface area contributed by atoms with E-state index in [9.17, 15) is 4.79 Å². The molecule has 0 aliphatic carbocycles. The molecule has 0 radical (unpaired) electrons. The van der Waals surface area contributed by atoms with E-state index in [2.05, 4.69) is 20.7 Å². The fourth-order valence-electron chi connectivity index (χ4n) is 4.26. The third-order valence-corrected chi connectivity index (χ3v) is 6.19. The predicted octanol–water partition coefficient (Wildman–Crippen LogP) is 4.14. The lowest BCUT2D eigenvalue weighted by atomic mass is 9.94. The zero-order chi connectivity index (χ0) is 23.2. The minimum atomic E-state index is -0.174. The van der Waals surface area contributed by atoms with Gasteiger partial charge < -0.3 is 15.4 Å². The van der Waals surface area contributed by atoms with Crippen LogP contribution in [0.3, 0.4) is 0 Å². The van der Waals surface area contributed by atoms with Gasteiger partial charge in [0.1, 0.15) is 11.5 Å². The lowest BCUT2D eigenvalue weighted by molar-refractivity contribution is 0.0871. The van der Waals surface area contributed by atoms with Crippen molar-refractivity contribution >= 4 is 16.8 Å². The highest BCUT2D eigenvalue weighted by Gasteiger charge is 2.33. The Morgan fingerprint density at radius 3 is 2.61 bits per heavy atom. The molecule has 0 atom stereocenters. The molecule has 33 heavy (non-hydrogen) atoms. The Labute approximate surface area is 192 Å². The number of hydrogen-bond donors (Lipinski definition) is 2. The van der Waals surface area contributed by atoms with Crippen LogP contribution in [0.25, 0.3) is 22.2 Å². The Morgan fingerprint density at radius 1 is 1.09 bits per heavy atom. The van der Waals surface area contributed by atoms with Crippen molar-refractivity contribution < 1.29 is 9.53 Å². The van der Waals surface area contributed by atoms with Crippen molar-refractivity contribution in [3.05, 3.63) is 71.5 Å². The second-order valence-electron chi connectivity index (χ2n) is 9.01. The van der Waals surface area contributed by atoms with Crippen LogP contribution in [0.4, 0.5) is 0 Å². The topological polar surface area (TPSA) is 81.1 Å². The Bertz CT molecular complexity index is 1370. The van der Waals surface area contributed by atoms with Gasteiger partial charge >= 0.3 is 0 Å². The van der Waals surface area contributed by atoms with Crippen LogP contribution in [0.5, 0.6) is 11.5 Å². The molecule has 3 heterocycles. The third-order valence-electron chi connectivity index (χ3n) is 6.19. The van der Waals surface area contributed by atoms with Crippen LogP contribution in [0.1, 0.15) is 28.5 Å². The van der Waals surface area contributed by atoms with E-state index in [1.165, 1.54) is 0 Å². The van der Waals surface area contributed by atoms with E-state index in [4.69, 9.17) is 4.74 Å². The molecular formula is C26H27N5O2. The molecule has 5 rings (SSSR count). The van der Waals surface area contributed by atoms with E-state index < -0.39 is 0 Å². The molecule has 2 aromatic carbocycles. The molecule has 7 heteroatoms. The highest BCUT2D eigenvalue weighted by atomic mass is 16.5. The number of hydrogen-bond acceptors (Lipinski definition) is 5. The van der Waals surface area contributed by atoms with Crippen LogP contribution in [0, 0.1) is 13.8 Å². The molecule has 0 bridgehead atoms. The van der Waals surface area contributed by atoms with E-state index >= 15 is 0 Å². The summed E-state index contributed by atoms with van der Waals surface area (Å²) in [6.07, 6.45) is 1.73. The number of aromatic nitrogens is 3. The maximum atomic E-state index is 12.7. The molecule has 168 valence electrons. The van der Waals surface area contributed by atoms with Crippen molar-refractivity contribution in [1.29, 1.82) is 0 Å². The second-order valence-corrected chi connectivity index (χ2v) is 9.01. The van der Waals surface area contributed by atoms with E-state index in [-0.39, 0.29) is 11.4 Å². The number of rotatable bonds is 5. The molecule has 1 fully saturated rings. The summed E-state index contributed by atoms with van der Waals surface area (Å²) in [5, 5.41) is 11.9. The van der Waals surface area contributed by atoms with Gasteiger partial charge in [0.2, 0.25) is 0 Å².